The molecule has 0 amide bonds. The number of hydrogen-bond acceptors (Lipinski definition) is 4. The predicted molar refractivity (Wildman–Crippen MR) is 97.0 cm³/mol. The summed E-state index contributed by atoms with van der Waals surface area (Å²) in [6.07, 6.45) is 0.779. The van der Waals surface area contributed by atoms with Crippen LogP contribution in [-0.4, -0.2) is 14.9 Å². The molecule has 5 nitrogen and oxygen atoms in total. The molecule has 2 N–H and O–H groups in total. The summed E-state index contributed by atoms with van der Waals surface area (Å²) in [4.78, 5) is 0. The van der Waals surface area contributed by atoms with Crippen molar-refractivity contribution in [3.8, 4) is 5.75 Å². The van der Waals surface area contributed by atoms with Gasteiger partial charge in [-0.1, -0.05) is 31.2 Å². The topological polar surface area (TPSA) is 54.9 Å². The largest absolute Gasteiger partial charge is 0.489 e. The average molecular weight is 358 g/mol. The molecule has 0 unspecified atom stereocenters. The summed E-state index contributed by atoms with van der Waals surface area (Å²) in [5.41, 5.74) is 5.23. The summed E-state index contributed by atoms with van der Waals surface area (Å²) in [5.74, 6) is 1.37. The minimum Gasteiger partial charge on any atom is -0.489 e. The SMILES string of the molecule is CCc1n[nH]c(=S)n1NCc1cccc(OCc2ccc(F)cc2)c1. The average Bonchev–Trinajstić information content (AvgIpc) is 2.99. The van der Waals surface area contributed by atoms with Gasteiger partial charge in [0.05, 0.1) is 6.54 Å². The van der Waals surface area contributed by atoms with Gasteiger partial charge < -0.3 is 10.2 Å². The Hall–Kier alpha value is -2.67. The van der Waals surface area contributed by atoms with Crippen LogP contribution in [0.5, 0.6) is 5.75 Å². The van der Waals surface area contributed by atoms with Crippen LogP contribution in [0.15, 0.2) is 48.5 Å². The summed E-state index contributed by atoms with van der Waals surface area (Å²) in [6.45, 7) is 3.01. The number of aryl methyl sites for hydroxylation is 1. The van der Waals surface area contributed by atoms with Crippen molar-refractivity contribution < 1.29 is 9.13 Å². The Labute approximate surface area is 150 Å². The number of nitrogens with zero attached hydrogens (tertiary/aromatic N) is 2. The van der Waals surface area contributed by atoms with Crippen LogP contribution >= 0.6 is 12.2 Å². The van der Waals surface area contributed by atoms with E-state index in [2.05, 4.69) is 15.6 Å². The number of aromatic nitrogens is 3. The number of aromatic amines is 1. The molecule has 0 spiro atoms. The molecule has 3 aromatic rings. The second-order valence-electron chi connectivity index (χ2n) is 5.53. The zero-order valence-electron chi connectivity index (χ0n) is 13.8. The summed E-state index contributed by atoms with van der Waals surface area (Å²) in [5, 5.41) is 6.95. The molecular formula is C18H19FN4OS. The van der Waals surface area contributed by atoms with E-state index < -0.39 is 0 Å². The molecule has 0 aliphatic rings. The highest BCUT2D eigenvalue weighted by molar-refractivity contribution is 7.71. The van der Waals surface area contributed by atoms with Crippen molar-refractivity contribution in [2.24, 2.45) is 0 Å². The van der Waals surface area contributed by atoms with Gasteiger partial charge in [-0.05, 0) is 47.6 Å². The van der Waals surface area contributed by atoms with Gasteiger partial charge in [-0.2, -0.15) is 5.10 Å². The molecule has 0 saturated carbocycles. The van der Waals surface area contributed by atoms with Crippen molar-refractivity contribution in [1.82, 2.24) is 14.9 Å². The van der Waals surface area contributed by atoms with Gasteiger partial charge in [-0.3, -0.25) is 5.10 Å². The highest BCUT2D eigenvalue weighted by atomic mass is 32.1. The van der Waals surface area contributed by atoms with E-state index in [1.54, 1.807) is 16.8 Å². The van der Waals surface area contributed by atoms with Crippen LogP contribution in [-0.2, 0) is 19.6 Å². The highest BCUT2D eigenvalue weighted by Gasteiger charge is 2.04. The Kier molecular flexibility index (Phi) is 5.45. The fraction of sp³-hybridized carbons (Fsp3) is 0.222. The van der Waals surface area contributed by atoms with E-state index in [0.717, 1.165) is 29.1 Å². The summed E-state index contributed by atoms with van der Waals surface area (Å²) >= 11 is 5.22. The normalized spacial score (nSPS) is 10.6. The van der Waals surface area contributed by atoms with Gasteiger partial charge in [0.15, 0.2) is 5.82 Å². The minimum absolute atomic E-state index is 0.249. The fourth-order valence-corrected chi connectivity index (χ4v) is 2.61. The Balaban J connectivity index is 1.62. The first kappa shape index (κ1) is 17.2. The molecule has 0 bridgehead atoms. The molecule has 0 aliphatic carbocycles. The number of benzene rings is 2. The standard InChI is InChI=1S/C18H19FN4OS/c1-2-17-21-22-18(25)23(17)20-11-14-4-3-5-16(10-14)24-12-13-6-8-15(19)9-7-13/h3-10,20H,2,11-12H2,1H3,(H,22,25). The molecule has 0 fully saturated rings. The first-order valence-electron chi connectivity index (χ1n) is 8.02. The van der Waals surface area contributed by atoms with E-state index >= 15 is 0 Å². The molecule has 3 rings (SSSR count). The quantitative estimate of drug-likeness (QED) is 0.628. The zero-order valence-corrected chi connectivity index (χ0v) is 14.6. The Morgan fingerprint density at radius 1 is 1.20 bits per heavy atom. The molecule has 2 aromatic carbocycles. The molecule has 1 heterocycles. The summed E-state index contributed by atoms with van der Waals surface area (Å²) in [7, 11) is 0. The molecule has 25 heavy (non-hydrogen) atoms. The third kappa shape index (κ3) is 4.45. The van der Waals surface area contributed by atoms with Crippen molar-refractivity contribution >= 4 is 12.2 Å². The third-order valence-electron chi connectivity index (χ3n) is 3.72. The van der Waals surface area contributed by atoms with Crippen LogP contribution < -0.4 is 10.2 Å². The lowest BCUT2D eigenvalue weighted by atomic mass is 10.2. The van der Waals surface area contributed by atoms with Crippen LogP contribution in [0, 0.1) is 10.6 Å². The molecule has 7 heteroatoms. The van der Waals surface area contributed by atoms with Crippen LogP contribution in [0.3, 0.4) is 0 Å². The smallest absolute Gasteiger partial charge is 0.214 e. The molecule has 0 radical (unpaired) electrons. The van der Waals surface area contributed by atoms with Crippen molar-refractivity contribution in [2.75, 3.05) is 5.43 Å². The minimum atomic E-state index is -0.249. The maximum Gasteiger partial charge on any atom is 0.214 e. The summed E-state index contributed by atoms with van der Waals surface area (Å²) in [6, 6.07) is 14.1. The predicted octanol–water partition coefficient (Wildman–Crippen LogP) is 3.96. The number of ether oxygens (including phenoxy) is 1. The number of halogens is 1. The Morgan fingerprint density at radius 2 is 2.00 bits per heavy atom. The van der Waals surface area contributed by atoms with Gasteiger partial charge in [0.25, 0.3) is 0 Å². The van der Waals surface area contributed by atoms with E-state index in [1.807, 2.05) is 31.2 Å². The summed E-state index contributed by atoms with van der Waals surface area (Å²) < 4.78 is 21.0. The van der Waals surface area contributed by atoms with Crippen molar-refractivity contribution in [2.45, 2.75) is 26.5 Å². The van der Waals surface area contributed by atoms with E-state index in [9.17, 15) is 4.39 Å². The lowest BCUT2D eigenvalue weighted by Crippen LogP contribution is -2.17. The van der Waals surface area contributed by atoms with Crippen LogP contribution in [0.2, 0.25) is 0 Å². The maximum absolute atomic E-state index is 12.9. The molecular weight excluding hydrogens is 339 g/mol. The van der Waals surface area contributed by atoms with Crippen LogP contribution in [0.25, 0.3) is 0 Å². The molecule has 0 atom stereocenters. The fourth-order valence-electron chi connectivity index (χ4n) is 2.39. The first-order valence-corrected chi connectivity index (χ1v) is 8.43. The zero-order chi connectivity index (χ0) is 17.6. The van der Waals surface area contributed by atoms with Gasteiger partial charge in [-0.25, -0.2) is 9.07 Å². The number of hydrogen-bond donors (Lipinski definition) is 2. The molecule has 0 aliphatic heterocycles. The monoisotopic (exact) mass is 358 g/mol. The van der Waals surface area contributed by atoms with Gasteiger partial charge >= 0.3 is 0 Å². The van der Waals surface area contributed by atoms with E-state index in [1.165, 1.54) is 12.1 Å². The first-order chi connectivity index (χ1) is 12.2. The van der Waals surface area contributed by atoms with Crippen LogP contribution in [0.4, 0.5) is 4.39 Å². The van der Waals surface area contributed by atoms with E-state index in [0.29, 0.717) is 17.9 Å². The van der Waals surface area contributed by atoms with Crippen molar-refractivity contribution in [1.29, 1.82) is 0 Å². The molecule has 1 aromatic heterocycles. The van der Waals surface area contributed by atoms with Gasteiger partial charge in [0.2, 0.25) is 4.77 Å². The van der Waals surface area contributed by atoms with E-state index in [-0.39, 0.29) is 5.82 Å². The second-order valence-corrected chi connectivity index (χ2v) is 5.92. The van der Waals surface area contributed by atoms with Crippen molar-refractivity contribution in [3.63, 3.8) is 0 Å². The number of nitrogens with one attached hydrogen (secondary N) is 2. The number of rotatable bonds is 7. The Morgan fingerprint density at radius 3 is 2.76 bits per heavy atom. The Bertz CT molecular complexity index is 889. The molecule has 130 valence electrons. The highest BCUT2D eigenvalue weighted by Crippen LogP contribution is 2.16. The van der Waals surface area contributed by atoms with Gasteiger partial charge in [0.1, 0.15) is 18.2 Å². The molecule has 0 saturated heterocycles. The lowest BCUT2D eigenvalue weighted by molar-refractivity contribution is 0.306. The van der Waals surface area contributed by atoms with E-state index in [4.69, 9.17) is 17.0 Å². The van der Waals surface area contributed by atoms with Gasteiger partial charge in [-0.15, -0.1) is 0 Å². The van der Waals surface area contributed by atoms with Crippen molar-refractivity contribution in [3.05, 3.63) is 76.1 Å². The third-order valence-corrected chi connectivity index (χ3v) is 3.99. The second kappa shape index (κ2) is 7.94. The maximum atomic E-state index is 12.9. The lowest BCUT2D eigenvalue weighted by Gasteiger charge is -2.11. The number of H-pyrrole nitrogens is 1. The van der Waals surface area contributed by atoms with Crippen LogP contribution in [0.1, 0.15) is 23.9 Å². The van der Waals surface area contributed by atoms with Gasteiger partial charge in [0, 0.05) is 6.42 Å².